The highest BCUT2D eigenvalue weighted by Crippen LogP contribution is 2.41. The lowest BCUT2D eigenvalue weighted by Gasteiger charge is -2.38. The monoisotopic (exact) mass is 223 g/mol. The van der Waals surface area contributed by atoms with E-state index >= 15 is 0 Å². The van der Waals surface area contributed by atoms with Crippen LogP contribution in [0.5, 0.6) is 0 Å². The molecule has 0 radical (unpaired) electrons. The zero-order valence-electron chi connectivity index (χ0n) is 9.54. The number of nitrogens with two attached hydrogens (primary N) is 1. The molecule has 0 atom stereocenters. The molecule has 1 fully saturated rings. The standard InChI is InChI=1S/C13H21NS/c1-11-4-6-13(10-14,7-5-11)9-12-3-2-8-15-12/h2-3,8,11H,4-7,9-10,14H2,1H3. The second-order valence-electron chi connectivity index (χ2n) is 5.14. The van der Waals surface area contributed by atoms with Crippen molar-refractivity contribution in [2.45, 2.75) is 39.0 Å². The fourth-order valence-electron chi connectivity index (χ4n) is 2.61. The van der Waals surface area contributed by atoms with Gasteiger partial charge in [-0.3, -0.25) is 0 Å². The van der Waals surface area contributed by atoms with Gasteiger partial charge in [-0.1, -0.05) is 25.8 Å². The molecule has 1 aromatic rings. The van der Waals surface area contributed by atoms with Gasteiger partial charge >= 0.3 is 0 Å². The van der Waals surface area contributed by atoms with Crippen molar-refractivity contribution in [3.8, 4) is 0 Å². The van der Waals surface area contributed by atoms with Gasteiger partial charge in [0, 0.05) is 4.88 Å². The average molecular weight is 223 g/mol. The Morgan fingerprint density at radius 3 is 2.73 bits per heavy atom. The summed E-state index contributed by atoms with van der Waals surface area (Å²) in [5, 5.41) is 2.17. The van der Waals surface area contributed by atoms with Gasteiger partial charge in [0.2, 0.25) is 0 Å². The molecule has 1 aromatic heterocycles. The van der Waals surface area contributed by atoms with Crippen molar-refractivity contribution in [2.24, 2.45) is 17.1 Å². The van der Waals surface area contributed by atoms with Crippen molar-refractivity contribution >= 4 is 11.3 Å². The van der Waals surface area contributed by atoms with Gasteiger partial charge in [-0.2, -0.15) is 0 Å². The topological polar surface area (TPSA) is 26.0 Å². The smallest absolute Gasteiger partial charge is 0.00512 e. The van der Waals surface area contributed by atoms with Crippen molar-refractivity contribution in [1.82, 2.24) is 0 Å². The SMILES string of the molecule is CC1CCC(CN)(Cc2cccs2)CC1. The molecule has 0 bridgehead atoms. The van der Waals surface area contributed by atoms with Crippen LogP contribution in [-0.2, 0) is 6.42 Å². The van der Waals surface area contributed by atoms with E-state index in [1.54, 1.807) is 0 Å². The first-order valence-electron chi connectivity index (χ1n) is 5.97. The number of hydrogen-bond donors (Lipinski definition) is 1. The summed E-state index contributed by atoms with van der Waals surface area (Å²) in [7, 11) is 0. The van der Waals surface area contributed by atoms with Crippen LogP contribution in [-0.4, -0.2) is 6.54 Å². The third-order valence-corrected chi connectivity index (χ3v) is 4.77. The molecule has 0 aliphatic heterocycles. The Labute approximate surface area is 96.7 Å². The summed E-state index contributed by atoms with van der Waals surface area (Å²) in [6.45, 7) is 3.23. The Bertz CT molecular complexity index is 283. The molecule has 0 spiro atoms. The number of hydrogen-bond acceptors (Lipinski definition) is 2. The van der Waals surface area contributed by atoms with Gasteiger partial charge < -0.3 is 5.73 Å². The van der Waals surface area contributed by atoms with Gasteiger partial charge in [0.25, 0.3) is 0 Å². The first-order chi connectivity index (χ1) is 7.24. The summed E-state index contributed by atoms with van der Waals surface area (Å²) < 4.78 is 0. The van der Waals surface area contributed by atoms with Gasteiger partial charge in [0.15, 0.2) is 0 Å². The van der Waals surface area contributed by atoms with E-state index < -0.39 is 0 Å². The molecule has 0 unspecified atom stereocenters. The third-order valence-electron chi connectivity index (χ3n) is 3.90. The van der Waals surface area contributed by atoms with Crippen LogP contribution in [0.1, 0.15) is 37.5 Å². The summed E-state index contributed by atoms with van der Waals surface area (Å²) in [6.07, 6.45) is 6.57. The zero-order valence-corrected chi connectivity index (χ0v) is 10.4. The van der Waals surface area contributed by atoms with Crippen LogP contribution in [0.25, 0.3) is 0 Å². The van der Waals surface area contributed by atoms with E-state index in [1.165, 1.54) is 37.0 Å². The molecule has 0 amide bonds. The van der Waals surface area contributed by atoms with E-state index in [9.17, 15) is 0 Å². The van der Waals surface area contributed by atoms with E-state index in [4.69, 9.17) is 5.73 Å². The van der Waals surface area contributed by atoms with E-state index in [0.29, 0.717) is 5.41 Å². The van der Waals surface area contributed by atoms with Crippen LogP contribution >= 0.6 is 11.3 Å². The highest BCUT2D eigenvalue weighted by atomic mass is 32.1. The van der Waals surface area contributed by atoms with Crippen LogP contribution in [0.2, 0.25) is 0 Å². The first-order valence-corrected chi connectivity index (χ1v) is 6.84. The van der Waals surface area contributed by atoms with Crippen molar-refractivity contribution in [2.75, 3.05) is 6.54 Å². The van der Waals surface area contributed by atoms with Crippen LogP contribution in [0.4, 0.5) is 0 Å². The lowest BCUT2D eigenvalue weighted by Crippen LogP contribution is -2.36. The second kappa shape index (κ2) is 4.67. The maximum Gasteiger partial charge on any atom is 0.00512 e. The minimum absolute atomic E-state index is 0.414. The lowest BCUT2D eigenvalue weighted by molar-refractivity contribution is 0.164. The normalized spacial score (nSPS) is 31.7. The summed E-state index contributed by atoms with van der Waals surface area (Å²) >= 11 is 1.88. The quantitative estimate of drug-likeness (QED) is 0.834. The van der Waals surface area contributed by atoms with Crippen LogP contribution in [0, 0.1) is 11.3 Å². The Morgan fingerprint density at radius 1 is 1.47 bits per heavy atom. The van der Waals surface area contributed by atoms with Gasteiger partial charge in [-0.05, 0) is 48.6 Å². The Hall–Kier alpha value is -0.340. The average Bonchev–Trinajstić information content (AvgIpc) is 2.75. The van der Waals surface area contributed by atoms with Gasteiger partial charge in [-0.15, -0.1) is 11.3 Å². The van der Waals surface area contributed by atoms with E-state index in [1.807, 2.05) is 11.3 Å². The molecule has 2 N–H and O–H groups in total. The fraction of sp³-hybridized carbons (Fsp3) is 0.692. The van der Waals surface area contributed by atoms with Crippen LogP contribution < -0.4 is 5.73 Å². The molecule has 2 heteroatoms. The first kappa shape index (κ1) is 11.2. The molecule has 1 heterocycles. The maximum absolute atomic E-state index is 6.00. The molecule has 0 aromatic carbocycles. The minimum Gasteiger partial charge on any atom is -0.330 e. The van der Waals surface area contributed by atoms with E-state index in [0.717, 1.165) is 12.5 Å². The van der Waals surface area contributed by atoms with Gasteiger partial charge in [-0.25, -0.2) is 0 Å². The largest absolute Gasteiger partial charge is 0.330 e. The van der Waals surface area contributed by atoms with Gasteiger partial charge in [0.1, 0.15) is 0 Å². The summed E-state index contributed by atoms with van der Waals surface area (Å²) in [4.78, 5) is 1.51. The zero-order chi connectivity index (χ0) is 10.7. The lowest BCUT2D eigenvalue weighted by atomic mass is 9.69. The number of thiophene rings is 1. The fourth-order valence-corrected chi connectivity index (χ4v) is 3.49. The predicted molar refractivity (Wildman–Crippen MR) is 67.1 cm³/mol. The van der Waals surface area contributed by atoms with Gasteiger partial charge in [0.05, 0.1) is 0 Å². The van der Waals surface area contributed by atoms with Crippen LogP contribution in [0.3, 0.4) is 0 Å². The molecular weight excluding hydrogens is 202 g/mol. The summed E-state index contributed by atoms with van der Waals surface area (Å²) in [5.74, 6) is 0.910. The molecule has 84 valence electrons. The Kier molecular flexibility index (Phi) is 3.47. The highest BCUT2D eigenvalue weighted by Gasteiger charge is 2.33. The molecular formula is C13H21NS. The molecule has 1 aliphatic rings. The summed E-state index contributed by atoms with van der Waals surface area (Å²) in [5.41, 5.74) is 6.42. The van der Waals surface area contributed by atoms with Crippen molar-refractivity contribution < 1.29 is 0 Å². The Balaban J connectivity index is 2.02. The summed E-state index contributed by atoms with van der Waals surface area (Å²) in [6, 6.07) is 4.40. The molecule has 15 heavy (non-hydrogen) atoms. The van der Waals surface area contributed by atoms with Crippen molar-refractivity contribution in [3.63, 3.8) is 0 Å². The highest BCUT2D eigenvalue weighted by molar-refractivity contribution is 7.09. The minimum atomic E-state index is 0.414. The predicted octanol–water partition coefficient (Wildman–Crippen LogP) is 3.45. The maximum atomic E-state index is 6.00. The van der Waals surface area contributed by atoms with Crippen molar-refractivity contribution in [1.29, 1.82) is 0 Å². The molecule has 1 nitrogen and oxygen atoms in total. The number of rotatable bonds is 3. The second-order valence-corrected chi connectivity index (χ2v) is 6.18. The molecule has 1 saturated carbocycles. The molecule has 0 saturated heterocycles. The molecule has 2 rings (SSSR count). The third kappa shape index (κ3) is 2.61. The molecule has 1 aliphatic carbocycles. The van der Waals surface area contributed by atoms with E-state index in [2.05, 4.69) is 24.4 Å². The Morgan fingerprint density at radius 2 is 2.20 bits per heavy atom. The van der Waals surface area contributed by atoms with E-state index in [-0.39, 0.29) is 0 Å². The van der Waals surface area contributed by atoms with Crippen LogP contribution in [0.15, 0.2) is 17.5 Å². The van der Waals surface area contributed by atoms with Crippen molar-refractivity contribution in [3.05, 3.63) is 22.4 Å².